The molecule has 0 atom stereocenters. The van der Waals surface area contributed by atoms with Crippen molar-refractivity contribution in [3.63, 3.8) is 0 Å². The number of aromatic nitrogens is 2. The van der Waals surface area contributed by atoms with Crippen molar-refractivity contribution < 1.29 is 17.0 Å². The lowest BCUT2D eigenvalue weighted by Gasteiger charge is -2.03. The molecule has 0 aliphatic rings. The summed E-state index contributed by atoms with van der Waals surface area (Å²) in [5.41, 5.74) is 30.2. The summed E-state index contributed by atoms with van der Waals surface area (Å²) >= 11 is 0. The summed E-state index contributed by atoms with van der Waals surface area (Å²) in [5, 5.41) is 4.54. The van der Waals surface area contributed by atoms with Crippen molar-refractivity contribution in [2.24, 2.45) is 7.05 Å². The van der Waals surface area contributed by atoms with Gasteiger partial charge in [-0.15, -0.1) is 37.2 Å². The van der Waals surface area contributed by atoms with Gasteiger partial charge in [0.2, 0.25) is 11.0 Å². The van der Waals surface area contributed by atoms with E-state index in [-0.39, 0.29) is 49.6 Å². The lowest BCUT2D eigenvalue weighted by molar-refractivity contribution is -0.617. The van der Waals surface area contributed by atoms with Crippen molar-refractivity contribution in [3.05, 3.63) is 84.9 Å². The average Bonchev–Trinajstić information content (AvgIpc) is 2.79. The number of aryl methyl sites for hydroxylation is 1. The average molecular weight is 578 g/mol. The number of rotatable bonds is 0. The number of hydrogen-bond donors (Lipinski definition) is 4. The van der Waals surface area contributed by atoms with Crippen LogP contribution in [-0.4, -0.2) is 4.98 Å². The minimum absolute atomic E-state index is 0. The normalized spacial score (nSPS) is 9.86. The zero-order chi connectivity index (χ0) is 23.1. The van der Waals surface area contributed by atoms with Gasteiger partial charge >= 0.3 is 0 Å². The van der Waals surface area contributed by atoms with Crippen molar-refractivity contribution >= 4 is 104 Å². The number of halogens is 4. The zero-order valence-corrected chi connectivity index (χ0v) is 23.1. The van der Waals surface area contributed by atoms with Crippen LogP contribution in [0.1, 0.15) is 0 Å². The number of hydrogen-bond acceptors (Lipinski definition) is 5. The predicted octanol–water partition coefficient (Wildman–Crippen LogP) is 2.80. The van der Waals surface area contributed by atoms with Gasteiger partial charge in [-0.1, -0.05) is 12.1 Å². The molecule has 4 aromatic carbocycles. The molecule has 0 unspecified atom stereocenters. The van der Waals surface area contributed by atoms with Crippen molar-refractivity contribution in [1.29, 1.82) is 0 Å². The van der Waals surface area contributed by atoms with E-state index < -0.39 is 0 Å². The number of fused-ring (bicyclic) bond motifs is 4. The highest BCUT2D eigenvalue weighted by atomic mass is 35.5. The standard InChI is InChI=1S/C14H13N3.C13H11N3.4ClH/c1-17-13-7-11(15)4-2-9(13)6-10-3-5-12(16)8-14(10)17;14-10-3-1-8-5-9-2-4-11(15)7-13(9)16-12(8)6-10;;;;/h2-8H,1H3,(H3,15,16);1-7H,14-15H2;4*1H. The Morgan fingerprint density at radius 2 is 0.811 bits per heavy atom. The molecule has 2 heterocycles. The van der Waals surface area contributed by atoms with E-state index in [0.29, 0.717) is 0 Å². The largest absolute Gasteiger partial charge is 1.00 e. The monoisotopic (exact) mass is 576 g/mol. The molecule has 8 N–H and O–H groups in total. The third-order valence-electron chi connectivity index (χ3n) is 5.80. The summed E-state index contributed by atoms with van der Waals surface area (Å²) in [6.45, 7) is 0. The Labute approximate surface area is 239 Å². The smallest absolute Gasteiger partial charge is 0.214 e. The molecule has 194 valence electrons. The van der Waals surface area contributed by atoms with Gasteiger partial charge < -0.3 is 35.3 Å². The first-order chi connectivity index (χ1) is 15.9. The first-order valence-electron chi connectivity index (χ1n) is 10.6. The molecule has 0 amide bonds. The first-order valence-corrected chi connectivity index (χ1v) is 10.6. The fraction of sp³-hybridized carbons (Fsp3) is 0.0370. The summed E-state index contributed by atoms with van der Waals surface area (Å²) in [6.07, 6.45) is 0. The molecular formula is C27H28Cl4N6. The van der Waals surface area contributed by atoms with Crippen LogP contribution in [-0.2, 0) is 7.05 Å². The molecule has 0 bridgehead atoms. The Morgan fingerprint density at radius 1 is 0.486 bits per heavy atom. The van der Waals surface area contributed by atoms with Crippen molar-refractivity contribution in [2.75, 3.05) is 22.9 Å². The van der Waals surface area contributed by atoms with Crippen LogP contribution >= 0.6 is 37.2 Å². The molecule has 6 nitrogen and oxygen atoms in total. The molecule has 0 saturated heterocycles. The molecule has 6 aromatic rings. The van der Waals surface area contributed by atoms with Gasteiger partial charge in [-0.25, -0.2) is 4.98 Å². The van der Waals surface area contributed by atoms with Crippen LogP contribution in [0.15, 0.2) is 84.9 Å². The quantitative estimate of drug-likeness (QED) is 0.126. The lowest BCUT2D eigenvalue weighted by atomic mass is 10.1. The van der Waals surface area contributed by atoms with Gasteiger partial charge in [0.05, 0.1) is 11.0 Å². The zero-order valence-electron chi connectivity index (χ0n) is 19.9. The van der Waals surface area contributed by atoms with Crippen LogP contribution < -0.4 is 39.9 Å². The number of pyridine rings is 2. The van der Waals surface area contributed by atoms with Gasteiger partial charge in [0.15, 0.2) is 0 Å². The second kappa shape index (κ2) is 12.7. The summed E-state index contributed by atoms with van der Waals surface area (Å²) in [6, 6.07) is 27.6. The second-order valence-electron chi connectivity index (χ2n) is 8.23. The maximum absolute atomic E-state index is 5.83. The third-order valence-corrected chi connectivity index (χ3v) is 5.80. The van der Waals surface area contributed by atoms with Crippen molar-refractivity contribution in [2.45, 2.75) is 0 Å². The van der Waals surface area contributed by atoms with Gasteiger partial charge in [0, 0.05) is 56.4 Å². The highest BCUT2D eigenvalue weighted by Crippen LogP contribution is 2.23. The molecule has 2 aromatic heterocycles. The minimum atomic E-state index is 0. The first kappa shape index (κ1) is 31.6. The van der Waals surface area contributed by atoms with E-state index in [1.165, 1.54) is 10.8 Å². The summed E-state index contributed by atoms with van der Waals surface area (Å²) in [7, 11) is 2.03. The van der Waals surface area contributed by atoms with Crippen molar-refractivity contribution in [3.8, 4) is 0 Å². The Balaban J connectivity index is 0.000000334. The predicted molar refractivity (Wildman–Crippen MR) is 161 cm³/mol. The van der Waals surface area contributed by atoms with Gasteiger partial charge in [0.25, 0.3) is 0 Å². The van der Waals surface area contributed by atoms with E-state index in [2.05, 4.69) is 21.7 Å². The van der Waals surface area contributed by atoms with Gasteiger partial charge in [0.1, 0.15) is 7.05 Å². The maximum atomic E-state index is 5.83. The second-order valence-corrected chi connectivity index (χ2v) is 8.23. The van der Waals surface area contributed by atoms with E-state index >= 15 is 0 Å². The number of nitrogens with zero attached hydrogens (tertiary/aromatic N) is 2. The van der Waals surface area contributed by atoms with E-state index in [1.54, 1.807) is 0 Å². The molecule has 0 radical (unpaired) electrons. The van der Waals surface area contributed by atoms with E-state index in [4.69, 9.17) is 22.9 Å². The molecule has 0 fully saturated rings. The SMILES string of the molecule is C[n+]1c2cc(N)ccc2cc2ccc(N)cc21.Cl.Cl.Cl.Nc1ccc2cc3ccc(N)cc3nc2c1.[Cl-]. The highest BCUT2D eigenvalue weighted by molar-refractivity contribution is 5.95. The number of benzene rings is 4. The van der Waals surface area contributed by atoms with Crippen LogP contribution in [0, 0.1) is 0 Å². The fourth-order valence-electron chi connectivity index (χ4n) is 4.10. The van der Waals surface area contributed by atoms with Crippen LogP contribution in [0.3, 0.4) is 0 Å². The van der Waals surface area contributed by atoms with Crippen LogP contribution in [0.5, 0.6) is 0 Å². The van der Waals surface area contributed by atoms with E-state index in [9.17, 15) is 0 Å². The molecule has 6 rings (SSSR count). The topological polar surface area (TPSA) is 121 Å². The van der Waals surface area contributed by atoms with Gasteiger partial charge in [-0.05, 0) is 60.7 Å². The third kappa shape index (κ3) is 6.48. The molecular weight excluding hydrogens is 550 g/mol. The van der Waals surface area contributed by atoms with E-state index in [0.717, 1.165) is 55.6 Å². The Morgan fingerprint density at radius 3 is 1.22 bits per heavy atom. The molecule has 10 heteroatoms. The Kier molecular flexibility index (Phi) is 10.9. The summed E-state index contributed by atoms with van der Waals surface area (Å²) in [5.74, 6) is 0. The molecule has 0 spiro atoms. The van der Waals surface area contributed by atoms with E-state index in [1.807, 2.05) is 79.8 Å². The van der Waals surface area contributed by atoms with Crippen LogP contribution in [0.2, 0.25) is 0 Å². The van der Waals surface area contributed by atoms with Gasteiger partial charge in [-0.3, -0.25) is 0 Å². The number of nitrogens with two attached hydrogens (primary N) is 4. The van der Waals surface area contributed by atoms with Crippen LogP contribution in [0.25, 0.3) is 43.6 Å². The number of nitrogen functional groups attached to an aromatic ring is 4. The molecule has 0 saturated carbocycles. The van der Waals surface area contributed by atoms with Gasteiger partial charge in [-0.2, -0.15) is 4.57 Å². The highest BCUT2D eigenvalue weighted by Gasteiger charge is 2.11. The summed E-state index contributed by atoms with van der Waals surface area (Å²) < 4.78 is 2.12. The maximum Gasteiger partial charge on any atom is 0.214 e. The fourth-order valence-corrected chi connectivity index (χ4v) is 4.10. The summed E-state index contributed by atoms with van der Waals surface area (Å²) in [4.78, 5) is 4.54. The van der Waals surface area contributed by atoms with Crippen molar-refractivity contribution in [1.82, 2.24) is 4.98 Å². The van der Waals surface area contributed by atoms with Crippen LogP contribution in [0.4, 0.5) is 22.7 Å². The Hall–Kier alpha value is -3.42. The molecule has 0 aliphatic heterocycles. The molecule has 0 aliphatic carbocycles. The Bertz CT molecular complexity index is 1570. The molecule has 37 heavy (non-hydrogen) atoms. The minimum Gasteiger partial charge on any atom is -1.00 e. The number of anilines is 4. The lowest BCUT2D eigenvalue weighted by Crippen LogP contribution is -3.00.